The van der Waals surface area contributed by atoms with Gasteiger partial charge in [-0.3, -0.25) is 4.79 Å². The van der Waals surface area contributed by atoms with Crippen LogP contribution in [0.25, 0.3) is 0 Å². The highest BCUT2D eigenvalue weighted by Gasteiger charge is 2.46. The van der Waals surface area contributed by atoms with Crippen LogP contribution in [0.1, 0.15) is 25.7 Å². The Hall–Kier alpha value is -1.98. The molecule has 0 N–H and O–H groups in total. The van der Waals surface area contributed by atoms with E-state index in [1.54, 1.807) is 4.90 Å². The van der Waals surface area contributed by atoms with Gasteiger partial charge in [-0.15, -0.1) is 13.2 Å². The van der Waals surface area contributed by atoms with Crippen LogP contribution in [-0.4, -0.2) is 18.8 Å². The average Bonchev–Trinajstić information content (AvgIpc) is 2.77. The molecule has 1 amide bonds. The highest BCUT2D eigenvalue weighted by atomic mass is 19.4. The second kappa shape index (κ2) is 5.34. The molecule has 3 nitrogen and oxygen atoms in total. The van der Waals surface area contributed by atoms with Gasteiger partial charge in [-0.2, -0.15) is 0 Å². The fourth-order valence-electron chi connectivity index (χ4n) is 3.20. The summed E-state index contributed by atoms with van der Waals surface area (Å²) >= 11 is 0. The smallest absolute Gasteiger partial charge is 0.406 e. The average molecular weight is 311 g/mol. The molecule has 1 atom stereocenters. The van der Waals surface area contributed by atoms with Crippen molar-refractivity contribution in [2.75, 3.05) is 11.4 Å². The van der Waals surface area contributed by atoms with Crippen LogP contribution in [0.2, 0.25) is 0 Å². The third-order valence-electron chi connectivity index (χ3n) is 4.36. The van der Waals surface area contributed by atoms with Crippen LogP contribution in [0.5, 0.6) is 5.75 Å². The zero-order valence-electron chi connectivity index (χ0n) is 11.9. The molecule has 1 saturated heterocycles. The summed E-state index contributed by atoms with van der Waals surface area (Å²) in [5.74, 6) is -0.209. The fourth-order valence-corrected chi connectivity index (χ4v) is 3.20. The lowest BCUT2D eigenvalue weighted by atomic mass is 9.76. The molecular weight excluding hydrogens is 295 g/mol. The summed E-state index contributed by atoms with van der Waals surface area (Å²) in [5, 5.41) is 0. The fraction of sp³-hybridized carbons (Fsp3) is 0.438. The quantitative estimate of drug-likeness (QED) is 0.771. The molecule has 1 aromatic rings. The number of carbonyl (C=O) groups excluding carboxylic acids is 1. The first kappa shape index (κ1) is 14.9. The minimum atomic E-state index is -4.70. The summed E-state index contributed by atoms with van der Waals surface area (Å²) in [5.41, 5.74) is 0.293. The van der Waals surface area contributed by atoms with Crippen LogP contribution in [0.15, 0.2) is 36.4 Å². The maximum absolute atomic E-state index is 12.7. The number of benzene rings is 1. The zero-order valence-corrected chi connectivity index (χ0v) is 11.9. The molecule has 1 unspecified atom stereocenters. The summed E-state index contributed by atoms with van der Waals surface area (Å²) in [6.45, 7) is 0.603. The van der Waals surface area contributed by atoms with Gasteiger partial charge in [0.2, 0.25) is 5.91 Å². The van der Waals surface area contributed by atoms with Crippen LogP contribution < -0.4 is 9.64 Å². The maximum atomic E-state index is 12.7. The van der Waals surface area contributed by atoms with Crippen LogP contribution in [-0.2, 0) is 4.79 Å². The molecule has 0 aromatic heterocycles. The predicted molar refractivity (Wildman–Crippen MR) is 75.5 cm³/mol. The number of alkyl halides is 3. The van der Waals surface area contributed by atoms with Gasteiger partial charge in [-0.05, 0) is 49.9 Å². The molecule has 0 saturated carbocycles. The number of anilines is 1. The molecule has 118 valence electrons. The number of carbonyl (C=O) groups is 1. The Bertz CT molecular complexity index is 594. The van der Waals surface area contributed by atoms with Crippen molar-refractivity contribution in [1.82, 2.24) is 0 Å². The summed E-state index contributed by atoms with van der Waals surface area (Å²) in [6, 6.07) is 5.47. The molecule has 1 fully saturated rings. The lowest BCUT2D eigenvalue weighted by Crippen LogP contribution is -2.35. The van der Waals surface area contributed by atoms with E-state index in [4.69, 9.17) is 0 Å². The Labute approximate surface area is 126 Å². The van der Waals surface area contributed by atoms with Crippen molar-refractivity contribution in [2.45, 2.75) is 32.0 Å². The molecule has 0 bridgehead atoms. The number of hydrogen-bond acceptors (Lipinski definition) is 2. The number of amides is 1. The minimum absolute atomic E-state index is 0.0707. The highest BCUT2D eigenvalue weighted by molar-refractivity contribution is 6.00. The van der Waals surface area contributed by atoms with E-state index in [0.29, 0.717) is 12.2 Å². The standard InChI is InChI=1S/C16H16F3NO2/c17-16(18,19)22-13-6-4-12(5-7-13)20-11-10-15(14(20)21)8-2-1-3-9-15/h1-2,4-7H,3,8-11H2. The summed E-state index contributed by atoms with van der Waals surface area (Å²) < 4.78 is 40.3. The van der Waals surface area contributed by atoms with Gasteiger partial charge in [0.1, 0.15) is 5.75 Å². The predicted octanol–water partition coefficient (Wildman–Crippen LogP) is 4.05. The topological polar surface area (TPSA) is 29.5 Å². The van der Waals surface area contributed by atoms with Gasteiger partial charge in [-0.25, -0.2) is 0 Å². The van der Waals surface area contributed by atoms with Gasteiger partial charge in [0.25, 0.3) is 0 Å². The van der Waals surface area contributed by atoms with E-state index in [2.05, 4.69) is 10.8 Å². The summed E-state index contributed by atoms with van der Waals surface area (Å²) in [7, 11) is 0. The molecule has 22 heavy (non-hydrogen) atoms. The van der Waals surface area contributed by atoms with E-state index in [9.17, 15) is 18.0 Å². The van der Waals surface area contributed by atoms with E-state index in [1.807, 2.05) is 6.08 Å². The number of hydrogen-bond donors (Lipinski definition) is 0. The van der Waals surface area contributed by atoms with Gasteiger partial charge in [0.15, 0.2) is 0 Å². The summed E-state index contributed by atoms with van der Waals surface area (Å²) in [6.07, 6.45) is 2.71. The molecule has 0 radical (unpaired) electrons. The third-order valence-corrected chi connectivity index (χ3v) is 4.36. The first-order valence-electron chi connectivity index (χ1n) is 7.22. The van der Waals surface area contributed by atoms with Crippen molar-refractivity contribution >= 4 is 11.6 Å². The lowest BCUT2D eigenvalue weighted by molar-refractivity contribution is -0.274. The number of ether oxygens (including phenoxy) is 1. The van der Waals surface area contributed by atoms with Gasteiger partial charge < -0.3 is 9.64 Å². The Kier molecular flexibility index (Phi) is 3.62. The number of halogens is 3. The largest absolute Gasteiger partial charge is 0.573 e. The van der Waals surface area contributed by atoms with Crippen LogP contribution in [0.3, 0.4) is 0 Å². The number of rotatable bonds is 2. The SMILES string of the molecule is O=C1N(c2ccc(OC(F)(F)F)cc2)CCC12CC=CCC2. The Morgan fingerprint density at radius 1 is 1.09 bits per heavy atom. The molecule has 1 spiro atoms. The van der Waals surface area contributed by atoms with Crippen molar-refractivity contribution in [3.63, 3.8) is 0 Å². The molecular formula is C16H16F3NO2. The minimum Gasteiger partial charge on any atom is -0.406 e. The Morgan fingerprint density at radius 3 is 2.41 bits per heavy atom. The van der Waals surface area contributed by atoms with Crippen molar-refractivity contribution in [2.24, 2.45) is 5.41 Å². The molecule has 1 aliphatic heterocycles. The number of allylic oxidation sites excluding steroid dienone is 2. The van der Waals surface area contributed by atoms with Gasteiger partial charge in [0, 0.05) is 12.2 Å². The van der Waals surface area contributed by atoms with Crippen molar-refractivity contribution < 1.29 is 22.7 Å². The van der Waals surface area contributed by atoms with Crippen LogP contribution in [0.4, 0.5) is 18.9 Å². The van der Waals surface area contributed by atoms with E-state index in [1.165, 1.54) is 24.3 Å². The molecule has 1 heterocycles. The first-order valence-corrected chi connectivity index (χ1v) is 7.22. The van der Waals surface area contributed by atoms with E-state index < -0.39 is 6.36 Å². The second-order valence-electron chi connectivity index (χ2n) is 5.74. The second-order valence-corrected chi connectivity index (χ2v) is 5.74. The van der Waals surface area contributed by atoms with E-state index in [0.717, 1.165) is 25.7 Å². The molecule has 3 rings (SSSR count). The number of nitrogens with zero attached hydrogens (tertiary/aromatic N) is 1. The normalized spacial score (nSPS) is 25.0. The highest BCUT2D eigenvalue weighted by Crippen LogP contribution is 2.44. The maximum Gasteiger partial charge on any atom is 0.573 e. The monoisotopic (exact) mass is 311 g/mol. The zero-order chi connectivity index (χ0) is 15.8. The van der Waals surface area contributed by atoms with Crippen molar-refractivity contribution in [1.29, 1.82) is 0 Å². The third kappa shape index (κ3) is 2.82. The Morgan fingerprint density at radius 2 is 1.82 bits per heavy atom. The molecule has 2 aliphatic rings. The Balaban J connectivity index is 1.75. The van der Waals surface area contributed by atoms with Crippen LogP contribution in [0, 0.1) is 5.41 Å². The van der Waals surface area contributed by atoms with Crippen LogP contribution >= 0.6 is 0 Å². The molecule has 1 aromatic carbocycles. The first-order chi connectivity index (χ1) is 10.4. The lowest BCUT2D eigenvalue weighted by Gasteiger charge is -2.28. The molecule has 6 heteroatoms. The van der Waals surface area contributed by atoms with Gasteiger partial charge in [0.05, 0.1) is 5.41 Å². The van der Waals surface area contributed by atoms with Gasteiger partial charge >= 0.3 is 6.36 Å². The summed E-state index contributed by atoms with van der Waals surface area (Å²) in [4.78, 5) is 14.3. The van der Waals surface area contributed by atoms with Crippen molar-refractivity contribution in [3.05, 3.63) is 36.4 Å². The molecule has 1 aliphatic carbocycles. The van der Waals surface area contributed by atoms with Crippen molar-refractivity contribution in [3.8, 4) is 5.75 Å². The van der Waals surface area contributed by atoms with Gasteiger partial charge in [-0.1, -0.05) is 12.2 Å². The van der Waals surface area contributed by atoms with E-state index in [-0.39, 0.29) is 17.1 Å². The van der Waals surface area contributed by atoms with E-state index >= 15 is 0 Å².